The Morgan fingerprint density at radius 3 is 2.57 bits per heavy atom. The number of anilines is 1. The highest BCUT2D eigenvalue weighted by Gasteiger charge is 2.21. The van der Waals surface area contributed by atoms with Gasteiger partial charge in [0.25, 0.3) is 5.91 Å². The monoisotopic (exact) mass is 409 g/mol. The zero-order valence-electron chi connectivity index (χ0n) is 18.0. The largest absolute Gasteiger partial charge is 0.352 e. The molecule has 1 aromatic heterocycles. The van der Waals surface area contributed by atoms with Crippen molar-refractivity contribution in [2.45, 2.75) is 32.9 Å². The van der Waals surface area contributed by atoms with Crippen molar-refractivity contribution in [3.05, 3.63) is 53.9 Å². The van der Waals surface area contributed by atoms with Gasteiger partial charge in [-0.25, -0.2) is 9.97 Å². The number of amides is 1. The standard InChI is InChI=1S/C22H31N7O/c1-4-17(2)27-20(30)19-8-5-7-18(15-19)16-26-21(23-3)28-11-13-29(14-12-28)22-24-9-6-10-25-22/h5-10,15,17H,4,11-14,16H2,1-3H3,(H,23,26)(H,27,30). The van der Waals surface area contributed by atoms with Gasteiger partial charge in [-0.2, -0.15) is 0 Å². The highest BCUT2D eigenvalue weighted by atomic mass is 16.1. The van der Waals surface area contributed by atoms with Gasteiger partial charge in [-0.1, -0.05) is 19.1 Å². The molecule has 0 radical (unpaired) electrons. The number of aliphatic imine (C=N–C) groups is 1. The van der Waals surface area contributed by atoms with Gasteiger partial charge >= 0.3 is 0 Å². The lowest BCUT2D eigenvalue weighted by molar-refractivity contribution is 0.0939. The second-order valence-corrected chi connectivity index (χ2v) is 7.41. The Bertz CT molecular complexity index is 848. The Morgan fingerprint density at radius 1 is 1.17 bits per heavy atom. The lowest BCUT2D eigenvalue weighted by Crippen LogP contribution is -2.52. The number of carbonyl (C=O) groups excluding carboxylic acids is 1. The van der Waals surface area contributed by atoms with E-state index in [1.165, 1.54) is 0 Å². The molecule has 1 aliphatic heterocycles. The van der Waals surface area contributed by atoms with Crippen LogP contribution in [0.4, 0.5) is 5.95 Å². The van der Waals surface area contributed by atoms with Crippen molar-refractivity contribution < 1.29 is 4.79 Å². The Hall–Kier alpha value is -3.16. The predicted octanol–water partition coefficient (Wildman–Crippen LogP) is 1.90. The summed E-state index contributed by atoms with van der Waals surface area (Å²) in [5, 5.41) is 6.43. The van der Waals surface area contributed by atoms with Crippen LogP contribution < -0.4 is 15.5 Å². The van der Waals surface area contributed by atoms with Gasteiger partial charge in [-0.15, -0.1) is 0 Å². The van der Waals surface area contributed by atoms with Crippen LogP contribution in [0.1, 0.15) is 36.2 Å². The van der Waals surface area contributed by atoms with Crippen LogP contribution in [-0.4, -0.2) is 66.0 Å². The molecule has 1 aromatic carbocycles. The smallest absolute Gasteiger partial charge is 0.251 e. The summed E-state index contributed by atoms with van der Waals surface area (Å²) in [5.41, 5.74) is 1.73. The zero-order chi connectivity index (χ0) is 21.3. The van der Waals surface area contributed by atoms with E-state index in [1.807, 2.05) is 37.3 Å². The molecule has 1 amide bonds. The minimum absolute atomic E-state index is 0.0326. The number of hydrogen-bond donors (Lipinski definition) is 2. The number of benzene rings is 1. The first-order valence-electron chi connectivity index (χ1n) is 10.5. The summed E-state index contributed by atoms with van der Waals surface area (Å²) >= 11 is 0. The van der Waals surface area contributed by atoms with Crippen molar-refractivity contribution in [3.8, 4) is 0 Å². The van der Waals surface area contributed by atoms with Gasteiger partial charge in [0.05, 0.1) is 0 Å². The highest BCUT2D eigenvalue weighted by molar-refractivity contribution is 5.94. The summed E-state index contributed by atoms with van der Waals surface area (Å²) in [6, 6.07) is 9.71. The molecule has 0 spiro atoms. The molecule has 8 heteroatoms. The predicted molar refractivity (Wildman–Crippen MR) is 120 cm³/mol. The van der Waals surface area contributed by atoms with Crippen molar-refractivity contribution in [2.75, 3.05) is 38.1 Å². The maximum absolute atomic E-state index is 12.4. The molecule has 2 N–H and O–H groups in total. The van der Waals surface area contributed by atoms with Gasteiger partial charge in [-0.3, -0.25) is 9.79 Å². The second kappa shape index (κ2) is 10.6. The van der Waals surface area contributed by atoms with Gasteiger partial charge in [0, 0.05) is 63.8 Å². The molecule has 1 unspecified atom stereocenters. The quantitative estimate of drug-likeness (QED) is 0.560. The number of piperazine rings is 1. The average molecular weight is 410 g/mol. The van der Waals surface area contributed by atoms with Gasteiger partial charge in [0.15, 0.2) is 5.96 Å². The summed E-state index contributed by atoms with van der Waals surface area (Å²) in [6.07, 6.45) is 4.45. The van der Waals surface area contributed by atoms with Gasteiger partial charge < -0.3 is 20.4 Å². The van der Waals surface area contributed by atoms with Crippen molar-refractivity contribution >= 4 is 17.8 Å². The highest BCUT2D eigenvalue weighted by Crippen LogP contribution is 2.11. The number of nitrogens with zero attached hydrogens (tertiary/aromatic N) is 5. The molecular formula is C22H31N7O. The lowest BCUT2D eigenvalue weighted by Gasteiger charge is -2.36. The zero-order valence-corrected chi connectivity index (χ0v) is 18.0. The molecule has 2 aromatic rings. The van der Waals surface area contributed by atoms with E-state index >= 15 is 0 Å². The molecule has 1 aliphatic rings. The number of guanidine groups is 1. The molecule has 1 saturated heterocycles. The first-order chi connectivity index (χ1) is 14.6. The lowest BCUT2D eigenvalue weighted by atomic mass is 10.1. The molecule has 30 heavy (non-hydrogen) atoms. The van der Waals surface area contributed by atoms with Crippen molar-refractivity contribution in [3.63, 3.8) is 0 Å². The fraction of sp³-hybridized carbons (Fsp3) is 0.455. The SMILES string of the molecule is CCC(C)NC(=O)c1cccc(CNC(=NC)N2CCN(c3ncccn3)CC2)c1. The van der Waals surface area contributed by atoms with Crippen molar-refractivity contribution in [1.82, 2.24) is 25.5 Å². The number of rotatable bonds is 6. The minimum Gasteiger partial charge on any atom is -0.352 e. The van der Waals surface area contributed by atoms with Crippen LogP contribution in [-0.2, 0) is 6.54 Å². The van der Waals surface area contributed by atoms with Crippen LogP contribution in [0.2, 0.25) is 0 Å². The first-order valence-corrected chi connectivity index (χ1v) is 10.5. The maximum Gasteiger partial charge on any atom is 0.251 e. The molecule has 2 heterocycles. The molecule has 1 fully saturated rings. The molecule has 3 rings (SSSR count). The van der Waals surface area contributed by atoms with E-state index < -0.39 is 0 Å². The molecule has 8 nitrogen and oxygen atoms in total. The van der Waals surface area contributed by atoms with Crippen LogP contribution in [0.25, 0.3) is 0 Å². The average Bonchev–Trinajstić information content (AvgIpc) is 2.80. The molecular weight excluding hydrogens is 378 g/mol. The van der Waals surface area contributed by atoms with E-state index in [9.17, 15) is 4.79 Å². The third-order valence-electron chi connectivity index (χ3n) is 5.26. The second-order valence-electron chi connectivity index (χ2n) is 7.41. The number of aromatic nitrogens is 2. The van der Waals surface area contributed by atoms with Gasteiger partial charge in [0.1, 0.15) is 0 Å². The molecule has 0 saturated carbocycles. The fourth-order valence-corrected chi connectivity index (χ4v) is 3.32. The van der Waals surface area contributed by atoms with Crippen LogP contribution >= 0.6 is 0 Å². The summed E-state index contributed by atoms with van der Waals surface area (Å²) < 4.78 is 0. The van der Waals surface area contributed by atoms with Gasteiger partial charge in [0.2, 0.25) is 5.95 Å². The summed E-state index contributed by atoms with van der Waals surface area (Å²) in [4.78, 5) is 29.9. The normalized spacial score (nSPS) is 15.6. The molecule has 1 atom stereocenters. The Morgan fingerprint density at radius 2 is 1.90 bits per heavy atom. The molecule has 160 valence electrons. The molecule has 0 bridgehead atoms. The van der Waals surface area contributed by atoms with E-state index in [0.29, 0.717) is 12.1 Å². The van der Waals surface area contributed by atoms with E-state index in [2.05, 4.69) is 42.3 Å². The number of hydrogen-bond acceptors (Lipinski definition) is 5. The minimum atomic E-state index is -0.0326. The van der Waals surface area contributed by atoms with E-state index in [0.717, 1.165) is 50.1 Å². The maximum atomic E-state index is 12.4. The van der Waals surface area contributed by atoms with Crippen molar-refractivity contribution in [2.24, 2.45) is 4.99 Å². The summed E-state index contributed by atoms with van der Waals surface area (Å²) in [5.74, 6) is 1.60. The first kappa shape index (κ1) is 21.5. The van der Waals surface area contributed by atoms with Crippen LogP contribution in [0.15, 0.2) is 47.7 Å². The third kappa shape index (κ3) is 5.68. The third-order valence-corrected chi connectivity index (χ3v) is 5.26. The van der Waals surface area contributed by atoms with E-state index in [-0.39, 0.29) is 11.9 Å². The van der Waals surface area contributed by atoms with Crippen molar-refractivity contribution in [1.29, 1.82) is 0 Å². The summed E-state index contributed by atoms with van der Waals surface area (Å²) in [6.45, 7) is 8.05. The van der Waals surface area contributed by atoms with Crippen LogP contribution in [0.5, 0.6) is 0 Å². The fourth-order valence-electron chi connectivity index (χ4n) is 3.32. The van der Waals surface area contributed by atoms with Crippen LogP contribution in [0.3, 0.4) is 0 Å². The summed E-state index contributed by atoms with van der Waals surface area (Å²) in [7, 11) is 1.80. The van der Waals surface area contributed by atoms with E-state index in [4.69, 9.17) is 0 Å². The number of nitrogens with one attached hydrogen (secondary N) is 2. The Balaban J connectivity index is 1.54. The van der Waals surface area contributed by atoms with Crippen LogP contribution in [0, 0.1) is 0 Å². The Labute approximate surface area is 178 Å². The molecule has 0 aliphatic carbocycles. The Kier molecular flexibility index (Phi) is 7.59. The number of carbonyl (C=O) groups is 1. The van der Waals surface area contributed by atoms with Gasteiger partial charge in [-0.05, 0) is 37.1 Å². The topological polar surface area (TPSA) is 85.8 Å². The van der Waals surface area contributed by atoms with E-state index in [1.54, 1.807) is 19.4 Å².